The largest absolute Gasteiger partial charge is 0.481 e. The Morgan fingerprint density at radius 1 is 1.45 bits per heavy atom. The van der Waals surface area contributed by atoms with Crippen LogP contribution in [-0.2, 0) is 9.59 Å². The number of aliphatic carboxylic acids is 2. The zero-order chi connectivity index (χ0) is 17.2. The van der Waals surface area contributed by atoms with Crippen LogP contribution in [-0.4, -0.2) is 27.1 Å². The van der Waals surface area contributed by atoms with Gasteiger partial charge in [-0.15, -0.1) is 0 Å². The summed E-state index contributed by atoms with van der Waals surface area (Å²) in [6.45, 7) is 3.56. The third-order valence-electron chi connectivity index (χ3n) is 3.03. The highest BCUT2D eigenvalue weighted by molar-refractivity contribution is 5.90. The molecule has 0 aliphatic heterocycles. The minimum absolute atomic E-state index is 0.0359. The minimum Gasteiger partial charge on any atom is -0.481 e. The number of carboxylic acid groups (broad SMARTS) is 2. The first-order valence-electron chi connectivity index (χ1n) is 6.88. The third-order valence-corrected chi connectivity index (χ3v) is 3.03. The Labute approximate surface area is 128 Å². The van der Waals surface area contributed by atoms with Crippen molar-refractivity contribution in [1.29, 1.82) is 0 Å². The van der Waals surface area contributed by atoms with E-state index in [0.717, 1.165) is 25.5 Å². The molecule has 2 N–H and O–H groups in total. The molecule has 0 radical (unpaired) electrons. The van der Waals surface area contributed by atoms with Crippen molar-refractivity contribution in [3.8, 4) is 0 Å². The predicted octanol–water partition coefficient (Wildman–Crippen LogP) is 3.02. The van der Waals surface area contributed by atoms with Crippen LogP contribution in [0.25, 0.3) is 0 Å². The van der Waals surface area contributed by atoms with Crippen LogP contribution in [0, 0.1) is 15.5 Å². The number of hydrogen-bond acceptors (Lipinski definition) is 4. The molecule has 1 aliphatic carbocycles. The van der Waals surface area contributed by atoms with E-state index in [-0.39, 0.29) is 12.0 Å². The van der Waals surface area contributed by atoms with Gasteiger partial charge in [-0.05, 0) is 32.3 Å². The summed E-state index contributed by atoms with van der Waals surface area (Å²) in [6.07, 6.45) is 9.95. The Bertz CT molecular complexity index is 506. The number of allylic oxidation sites excluding steroid dienone is 3. The van der Waals surface area contributed by atoms with Gasteiger partial charge < -0.3 is 10.2 Å². The van der Waals surface area contributed by atoms with E-state index in [2.05, 4.69) is 6.92 Å². The molecule has 1 aliphatic rings. The van der Waals surface area contributed by atoms with Crippen molar-refractivity contribution in [2.75, 3.05) is 0 Å². The van der Waals surface area contributed by atoms with E-state index >= 15 is 0 Å². The fraction of sp³-hybridized carbons (Fsp3) is 0.467. The molecule has 7 heteroatoms. The molecule has 7 nitrogen and oxygen atoms in total. The van der Waals surface area contributed by atoms with Gasteiger partial charge in [0.25, 0.3) is 0 Å². The van der Waals surface area contributed by atoms with E-state index in [9.17, 15) is 19.7 Å². The smallest absolute Gasteiger partial charge is 0.331 e. The maximum absolute atomic E-state index is 10.8. The van der Waals surface area contributed by atoms with E-state index in [1.54, 1.807) is 6.08 Å². The van der Waals surface area contributed by atoms with E-state index in [0.29, 0.717) is 0 Å². The van der Waals surface area contributed by atoms with Gasteiger partial charge in [0.2, 0.25) is 6.20 Å². The standard InChI is InChI=1S/C9H10O4.C6H11NO2/c1-9(8(12)13)4-2-3-6(5-9)7(10)11;1-2-3-4-5-6-7(8)9/h2-4H,5H2,1H3,(H,10,11)(H,12,13);5-6H,2-4H2,1H3. The second-order valence-electron chi connectivity index (χ2n) is 5.07. The van der Waals surface area contributed by atoms with Crippen molar-refractivity contribution >= 4 is 11.9 Å². The van der Waals surface area contributed by atoms with Crippen LogP contribution in [0.1, 0.15) is 39.5 Å². The van der Waals surface area contributed by atoms with E-state index < -0.39 is 22.3 Å². The quantitative estimate of drug-likeness (QED) is 0.442. The SMILES string of the molecule is CC1(C(=O)O)C=CC=C(C(=O)O)C1.CCCCC=C[N+](=O)[O-]. The average molecular weight is 311 g/mol. The summed E-state index contributed by atoms with van der Waals surface area (Å²) >= 11 is 0. The molecule has 0 bridgehead atoms. The van der Waals surface area contributed by atoms with Crippen LogP contribution in [0.2, 0.25) is 0 Å². The second-order valence-corrected chi connectivity index (χ2v) is 5.07. The fourth-order valence-electron chi connectivity index (χ4n) is 1.67. The lowest BCUT2D eigenvalue weighted by Crippen LogP contribution is -2.28. The summed E-state index contributed by atoms with van der Waals surface area (Å²) in [5, 5.41) is 27.2. The molecule has 0 aromatic carbocycles. The molecular formula is C15H21NO6. The van der Waals surface area contributed by atoms with Crippen LogP contribution in [0.5, 0.6) is 0 Å². The molecule has 1 rings (SSSR count). The molecule has 0 amide bonds. The predicted molar refractivity (Wildman–Crippen MR) is 80.9 cm³/mol. The van der Waals surface area contributed by atoms with E-state index in [4.69, 9.17) is 10.2 Å². The van der Waals surface area contributed by atoms with Crippen molar-refractivity contribution in [2.24, 2.45) is 5.41 Å². The number of carbonyl (C=O) groups is 2. The average Bonchev–Trinajstić information content (AvgIpc) is 2.44. The highest BCUT2D eigenvalue weighted by Crippen LogP contribution is 2.31. The topological polar surface area (TPSA) is 118 Å². The summed E-state index contributed by atoms with van der Waals surface area (Å²) in [5.74, 6) is -2.06. The van der Waals surface area contributed by atoms with Gasteiger partial charge in [-0.25, -0.2) is 4.79 Å². The van der Waals surface area contributed by atoms with Gasteiger partial charge in [-0.1, -0.05) is 31.6 Å². The molecule has 0 fully saturated rings. The summed E-state index contributed by atoms with van der Waals surface area (Å²) < 4.78 is 0. The summed E-state index contributed by atoms with van der Waals surface area (Å²) in [6, 6.07) is 0. The number of hydrogen-bond donors (Lipinski definition) is 2. The van der Waals surface area contributed by atoms with Crippen molar-refractivity contribution in [3.05, 3.63) is 46.2 Å². The molecule has 122 valence electrons. The first kappa shape index (κ1) is 19.6. The van der Waals surface area contributed by atoms with Gasteiger partial charge in [0.15, 0.2) is 0 Å². The zero-order valence-electron chi connectivity index (χ0n) is 12.7. The molecule has 0 spiro atoms. The van der Waals surface area contributed by atoms with Crippen LogP contribution in [0.15, 0.2) is 36.1 Å². The van der Waals surface area contributed by atoms with Gasteiger partial charge in [-0.2, -0.15) is 0 Å². The van der Waals surface area contributed by atoms with Crippen LogP contribution >= 0.6 is 0 Å². The van der Waals surface area contributed by atoms with Gasteiger partial charge in [-0.3, -0.25) is 14.9 Å². The molecule has 0 heterocycles. The highest BCUT2D eigenvalue weighted by atomic mass is 16.6. The maximum Gasteiger partial charge on any atom is 0.331 e. The lowest BCUT2D eigenvalue weighted by Gasteiger charge is -2.23. The van der Waals surface area contributed by atoms with Gasteiger partial charge >= 0.3 is 11.9 Å². The Hall–Kier alpha value is -2.44. The molecule has 1 atom stereocenters. The van der Waals surface area contributed by atoms with Crippen molar-refractivity contribution < 1.29 is 24.7 Å². The lowest BCUT2D eigenvalue weighted by molar-refractivity contribution is -0.402. The summed E-state index contributed by atoms with van der Waals surface area (Å²) in [4.78, 5) is 30.6. The number of unbranched alkanes of at least 4 members (excludes halogenated alkanes) is 2. The number of carboxylic acids is 2. The molecule has 0 aromatic heterocycles. The Kier molecular flexibility index (Phi) is 8.44. The number of nitro groups is 1. The summed E-state index contributed by atoms with van der Waals surface area (Å²) in [5.41, 5.74) is -0.949. The molecule has 0 aromatic rings. The third kappa shape index (κ3) is 7.37. The summed E-state index contributed by atoms with van der Waals surface area (Å²) in [7, 11) is 0. The van der Waals surface area contributed by atoms with Gasteiger partial charge in [0.1, 0.15) is 0 Å². The van der Waals surface area contributed by atoms with E-state index in [1.165, 1.54) is 25.2 Å². The molecule has 1 unspecified atom stereocenters. The number of rotatable bonds is 6. The lowest BCUT2D eigenvalue weighted by atomic mass is 9.80. The van der Waals surface area contributed by atoms with Crippen molar-refractivity contribution in [2.45, 2.75) is 39.5 Å². The first-order valence-corrected chi connectivity index (χ1v) is 6.88. The monoisotopic (exact) mass is 311 g/mol. The Balaban J connectivity index is 0.000000433. The van der Waals surface area contributed by atoms with Gasteiger partial charge in [0.05, 0.1) is 10.3 Å². The normalized spacial score (nSPS) is 20.0. The second kappa shape index (κ2) is 9.49. The van der Waals surface area contributed by atoms with Crippen LogP contribution in [0.3, 0.4) is 0 Å². The van der Waals surface area contributed by atoms with Crippen LogP contribution in [0.4, 0.5) is 0 Å². The minimum atomic E-state index is -1.08. The zero-order valence-corrected chi connectivity index (χ0v) is 12.7. The number of nitrogens with zero attached hydrogens (tertiary/aromatic N) is 1. The first-order chi connectivity index (χ1) is 10.2. The highest BCUT2D eigenvalue weighted by Gasteiger charge is 2.34. The maximum atomic E-state index is 10.8. The molecule has 22 heavy (non-hydrogen) atoms. The molecule has 0 saturated carbocycles. The van der Waals surface area contributed by atoms with Crippen molar-refractivity contribution in [3.63, 3.8) is 0 Å². The van der Waals surface area contributed by atoms with Crippen LogP contribution < -0.4 is 0 Å². The van der Waals surface area contributed by atoms with Crippen molar-refractivity contribution in [1.82, 2.24) is 0 Å². The van der Waals surface area contributed by atoms with Gasteiger partial charge in [0, 0.05) is 5.57 Å². The Morgan fingerprint density at radius 3 is 2.55 bits per heavy atom. The Morgan fingerprint density at radius 2 is 2.09 bits per heavy atom. The molecular weight excluding hydrogens is 290 g/mol. The fourth-order valence-corrected chi connectivity index (χ4v) is 1.67. The van der Waals surface area contributed by atoms with E-state index in [1.807, 2.05) is 0 Å². The molecule has 0 saturated heterocycles.